The minimum atomic E-state index is -0.604. The van der Waals surface area contributed by atoms with Crippen LogP contribution in [-0.2, 0) is 24.3 Å². The topological polar surface area (TPSA) is 90.7 Å². The first-order chi connectivity index (χ1) is 16.0. The Kier molecular flexibility index (Phi) is 6.74. The van der Waals surface area contributed by atoms with E-state index in [2.05, 4.69) is 4.98 Å². The standard InChI is InChI=1S/C24H22ClN3O5/c1-32-24(31)22-19-9-11-27(23(30)16-5-7-17(25)8-6-16)12-13-28(19)21(29)14-20(22)33-15-18-4-2-3-10-26-18/h2-8,10,14H,9,11-13,15H2,1H3. The van der Waals surface area contributed by atoms with Gasteiger partial charge in [0.1, 0.15) is 17.9 Å². The van der Waals surface area contributed by atoms with E-state index in [0.29, 0.717) is 41.5 Å². The van der Waals surface area contributed by atoms with Gasteiger partial charge in [0.15, 0.2) is 0 Å². The van der Waals surface area contributed by atoms with Crippen LogP contribution in [0.15, 0.2) is 59.5 Å². The highest BCUT2D eigenvalue weighted by atomic mass is 35.5. The number of rotatable bonds is 5. The molecule has 0 bridgehead atoms. The fraction of sp³-hybridized carbons (Fsp3) is 0.250. The zero-order chi connectivity index (χ0) is 23.4. The summed E-state index contributed by atoms with van der Waals surface area (Å²) in [5.41, 5.74) is 1.52. The summed E-state index contributed by atoms with van der Waals surface area (Å²) in [4.78, 5) is 44.4. The molecule has 0 atom stereocenters. The highest BCUT2D eigenvalue weighted by Crippen LogP contribution is 2.25. The van der Waals surface area contributed by atoms with Crippen molar-refractivity contribution in [3.05, 3.63) is 92.6 Å². The Balaban J connectivity index is 1.63. The number of aromatic nitrogens is 2. The van der Waals surface area contributed by atoms with Gasteiger partial charge in [0, 0.05) is 54.6 Å². The molecule has 1 amide bonds. The minimum absolute atomic E-state index is 0.0922. The van der Waals surface area contributed by atoms with Crippen LogP contribution in [0, 0.1) is 0 Å². The first-order valence-electron chi connectivity index (χ1n) is 10.4. The lowest BCUT2D eigenvalue weighted by Crippen LogP contribution is -2.34. The summed E-state index contributed by atoms with van der Waals surface area (Å²) in [6.45, 7) is 0.991. The molecule has 0 fully saturated rings. The van der Waals surface area contributed by atoms with Crippen molar-refractivity contribution in [1.29, 1.82) is 0 Å². The van der Waals surface area contributed by atoms with E-state index in [1.54, 1.807) is 47.5 Å². The van der Waals surface area contributed by atoms with Crippen LogP contribution in [0.4, 0.5) is 0 Å². The summed E-state index contributed by atoms with van der Waals surface area (Å²) in [6.07, 6.45) is 1.93. The van der Waals surface area contributed by atoms with E-state index >= 15 is 0 Å². The third-order valence-corrected chi connectivity index (χ3v) is 5.72. The summed E-state index contributed by atoms with van der Waals surface area (Å²) in [6, 6.07) is 13.3. The lowest BCUT2D eigenvalue weighted by atomic mass is 10.1. The van der Waals surface area contributed by atoms with Crippen molar-refractivity contribution in [1.82, 2.24) is 14.5 Å². The third-order valence-electron chi connectivity index (χ3n) is 5.46. The van der Waals surface area contributed by atoms with Gasteiger partial charge in [0.05, 0.1) is 12.8 Å². The predicted octanol–water partition coefficient (Wildman–Crippen LogP) is 2.96. The third kappa shape index (κ3) is 4.90. The van der Waals surface area contributed by atoms with Gasteiger partial charge in [-0.05, 0) is 36.4 Å². The maximum atomic E-state index is 13.0. The van der Waals surface area contributed by atoms with E-state index in [1.807, 2.05) is 6.07 Å². The van der Waals surface area contributed by atoms with Crippen LogP contribution in [0.5, 0.6) is 5.75 Å². The molecule has 170 valence electrons. The Morgan fingerprint density at radius 1 is 1.09 bits per heavy atom. The molecule has 2 aromatic heterocycles. The largest absolute Gasteiger partial charge is 0.486 e. The molecule has 0 unspecified atom stereocenters. The number of carbonyl (C=O) groups is 2. The van der Waals surface area contributed by atoms with Crippen LogP contribution in [0.2, 0.25) is 5.02 Å². The molecular weight excluding hydrogens is 446 g/mol. The zero-order valence-electron chi connectivity index (χ0n) is 18.0. The fourth-order valence-electron chi connectivity index (χ4n) is 3.80. The molecule has 0 saturated carbocycles. The first kappa shape index (κ1) is 22.5. The summed E-state index contributed by atoms with van der Waals surface area (Å²) in [5.74, 6) is -0.632. The van der Waals surface area contributed by atoms with E-state index in [9.17, 15) is 14.4 Å². The molecule has 0 saturated heterocycles. The number of carbonyl (C=O) groups excluding carboxylic acids is 2. The van der Waals surface area contributed by atoms with Gasteiger partial charge >= 0.3 is 5.97 Å². The second-order valence-electron chi connectivity index (χ2n) is 7.47. The van der Waals surface area contributed by atoms with Crippen LogP contribution in [-0.4, -0.2) is 46.5 Å². The smallest absolute Gasteiger partial charge is 0.343 e. The van der Waals surface area contributed by atoms with Crippen molar-refractivity contribution < 1.29 is 19.1 Å². The average molecular weight is 468 g/mol. The van der Waals surface area contributed by atoms with E-state index in [-0.39, 0.29) is 35.9 Å². The number of nitrogens with zero attached hydrogens (tertiary/aromatic N) is 3. The van der Waals surface area contributed by atoms with E-state index in [4.69, 9.17) is 21.1 Å². The highest BCUT2D eigenvalue weighted by Gasteiger charge is 2.27. The van der Waals surface area contributed by atoms with Gasteiger partial charge in [-0.25, -0.2) is 4.79 Å². The van der Waals surface area contributed by atoms with E-state index in [1.165, 1.54) is 17.7 Å². The molecule has 3 heterocycles. The van der Waals surface area contributed by atoms with Gasteiger partial charge in [-0.1, -0.05) is 17.7 Å². The van der Waals surface area contributed by atoms with Gasteiger partial charge in [0.2, 0.25) is 0 Å². The average Bonchev–Trinajstić information content (AvgIpc) is 3.07. The zero-order valence-corrected chi connectivity index (χ0v) is 18.7. The van der Waals surface area contributed by atoms with Gasteiger partial charge < -0.3 is 18.9 Å². The Bertz CT molecular complexity index is 1230. The second kappa shape index (κ2) is 9.87. The molecule has 0 N–H and O–H groups in total. The molecule has 1 aromatic carbocycles. The Morgan fingerprint density at radius 2 is 1.88 bits per heavy atom. The molecule has 1 aliphatic heterocycles. The number of halogens is 1. The Morgan fingerprint density at radius 3 is 2.58 bits per heavy atom. The fourth-order valence-corrected chi connectivity index (χ4v) is 3.92. The predicted molar refractivity (Wildman–Crippen MR) is 122 cm³/mol. The normalized spacial score (nSPS) is 13.1. The van der Waals surface area contributed by atoms with Crippen LogP contribution in [0.3, 0.4) is 0 Å². The van der Waals surface area contributed by atoms with Crippen LogP contribution in [0.25, 0.3) is 0 Å². The van der Waals surface area contributed by atoms with Gasteiger partial charge in [-0.3, -0.25) is 14.6 Å². The quantitative estimate of drug-likeness (QED) is 0.536. The molecule has 33 heavy (non-hydrogen) atoms. The second-order valence-corrected chi connectivity index (χ2v) is 7.91. The van der Waals surface area contributed by atoms with E-state index < -0.39 is 5.97 Å². The maximum Gasteiger partial charge on any atom is 0.343 e. The molecule has 3 aromatic rings. The van der Waals surface area contributed by atoms with Crippen molar-refractivity contribution in [2.75, 3.05) is 20.2 Å². The number of benzene rings is 1. The summed E-state index contributed by atoms with van der Waals surface area (Å²) in [7, 11) is 1.28. The van der Waals surface area contributed by atoms with Crippen LogP contribution < -0.4 is 10.3 Å². The molecular formula is C24H22ClN3O5. The molecule has 8 nitrogen and oxygen atoms in total. The lowest BCUT2D eigenvalue weighted by molar-refractivity contribution is 0.0592. The van der Waals surface area contributed by atoms with Crippen LogP contribution in [0.1, 0.15) is 32.1 Å². The molecule has 9 heteroatoms. The minimum Gasteiger partial charge on any atom is -0.486 e. The maximum absolute atomic E-state index is 13.0. The molecule has 0 spiro atoms. The number of pyridine rings is 2. The monoisotopic (exact) mass is 467 g/mol. The van der Waals surface area contributed by atoms with Crippen LogP contribution >= 0.6 is 11.6 Å². The molecule has 0 radical (unpaired) electrons. The Hall–Kier alpha value is -3.65. The van der Waals surface area contributed by atoms with Crippen molar-refractivity contribution >= 4 is 23.5 Å². The number of hydrogen-bond donors (Lipinski definition) is 0. The first-order valence-corrected chi connectivity index (χ1v) is 10.8. The van der Waals surface area contributed by atoms with Gasteiger partial charge in [-0.2, -0.15) is 0 Å². The Labute approximate surface area is 195 Å². The van der Waals surface area contributed by atoms with Gasteiger partial charge in [0.25, 0.3) is 11.5 Å². The molecule has 0 aliphatic carbocycles. The lowest BCUT2D eigenvalue weighted by Gasteiger charge is -2.20. The number of hydrogen-bond acceptors (Lipinski definition) is 6. The SMILES string of the molecule is COC(=O)c1c(OCc2ccccn2)cc(=O)n2c1CCN(C(=O)c1ccc(Cl)cc1)CC2. The number of ether oxygens (including phenoxy) is 2. The summed E-state index contributed by atoms with van der Waals surface area (Å²) >= 11 is 5.92. The number of amides is 1. The number of esters is 1. The van der Waals surface area contributed by atoms with Gasteiger partial charge in [-0.15, -0.1) is 0 Å². The number of fused-ring (bicyclic) bond motifs is 1. The van der Waals surface area contributed by atoms with Crippen molar-refractivity contribution in [3.8, 4) is 5.75 Å². The highest BCUT2D eigenvalue weighted by molar-refractivity contribution is 6.30. The van der Waals surface area contributed by atoms with Crippen molar-refractivity contribution in [3.63, 3.8) is 0 Å². The number of methoxy groups -OCH3 is 1. The van der Waals surface area contributed by atoms with E-state index in [0.717, 1.165) is 0 Å². The van der Waals surface area contributed by atoms with Crippen molar-refractivity contribution in [2.24, 2.45) is 0 Å². The molecule has 4 rings (SSSR count). The summed E-state index contributed by atoms with van der Waals surface area (Å²) in [5, 5.41) is 0.544. The molecule has 1 aliphatic rings. The van der Waals surface area contributed by atoms with Crippen molar-refractivity contribution in [2.45, 2.75) is 19.6 Å². The summed E-state index contributed by atoms with van der Waals surface area (Å²) < 4.78 is 12.3.